The van der Waals surface area contributed by atoms with E-state index in [4.69, 9.17) is 61.5 Å². The number of hydrogen-bond donors (Lipinski definition) is 0. The van der Waals surface area contributed by atoms with Crippen LogP contribution in [0.4, 0.5) is 0 Å². The van der Waals surface area contributed by atoms with Gasteiger partial charge in [-0.25, -0.2) is 19.2 Å². The minimum atomic E-state index is -0.397. The molecule has 4 aliphatic rings. The number of hydrogen-bond acceptors (Lipinski definition) is 20. The molecule has 26 heteroatoms. The second kappa shape index (κ2) is 59.1. The zero-order valence-electron chi connectivity index (χ0n) is 77.2. The topological polar surface area (TPSA) is 273 Å². The van der Waals surface area contributed by atoms with Crippen LogP contribution in [-0.4, -0.2) is 195 Å². The summed E-state index contributed by atoms with van der Waals surface area (Å²) in [5, 5.41) is 17.9. The highest BCUT2D eigenvalue weighted by molar-refractivity contribution is 6.33. The lowest BCUT2D eigenvalue weighted by molar-refractivity contribution is -0.136. The molecule has 4 heterocycles. The summed E-state index contributed by atoms with van der Waals surface area (Å²) in [6.07, 6.45) is 43.2. The Hall–Kier alpha value is -11.0. The average Bonchev–Trinajstić information content (AvgIpc) is 1.49. The summed E-state index contributed by atoms with van der Waals surface area (Å²) in [7, 11) is 0. The Labute approximate surface area is 757 Å². The number of oxime groups is 4. The molecule has 0 atom stereocenters. The van der Waals surface area contributed by atoms with Crippen molar-refractivity contribution in [3.05, 3.63) is 233 Å². The van der Waals surface area contributed by atoms with Crippen LogP contribution >= 0.6 is 23.2 Å². The van der Waals surface area contributed by atoms with E-state index in [1.54, 1.807) is 19.6 Å². The molecule has 684 valence electrons. The van der Waals surface area contributed by atoms with Crippen LogP contribution in [0.15, 0.2) is 154 Å². The molecule has 4 amide bonds. The van der Waals surface area contributed by atoms with Gasteiger partial charge in [0.25, 0.3) is 23.6 Å². The molecule has 0 saturated heterocycles. The predicted octanol–water partition coefficient (Wildman–Crippen LogP) is 19.5. The number of aryl methyl sites for hydroxylation is 8. The zero-order valence-corrected chi connectivity index (χ0v) is 78.7. The molecule has 0 N–H and O–H groups in total. The Balaban J connectivity index is 0.000000298. The van der Waals surface area contributed by atoms with E-state index >= 15 is 0 Å². The van der Waals surface area contributed by atoms with Crippen LogP contribution in [0.3, 0.4) is 0 Å². The van der Waals surface area contributed by atoms with Gasteiger partial charge in [-0.15, -0.1) is 0 Å². The maximum absolute atomic E-state index is 12.9. The van der Waals surface area contributed by atoms with E-state index < -0.39 is 11.9 Å². The zero-order chi connectivity index (χ0) is 92.3. The second-order valence-electron chi connectivity index (χ2n) is 30.5. The van der Waals surface area contributed by atoms with Gasteiger partial charge in [-0.2, -0.15) is 0 Å². The molecule has 4 aliphatic heterocycles. The molecule has 4 aromatic rings. The van der Waals surface area contributed by atoms with Gasteiger partial charge >= 0.3 is 23.9 Å². The highest BCUT2D eigenvalue weighted by atomic mass is 35.5. The molecule has 0 spiro atoms. The van der Waals surface area contributed by atoms with E-state index in [-0.39, 0.29) is 74.8 Å². The van der Waals surface area contributed by atoms with E-state index in [1.165, 1.54) is 0 Å². The quantitative estimate of drug-likeness (QED) is 0.0344. The first kappa shape index (κ1) is 106. The van der Waals surface area contributed by atoms with Gasteiger partial charge in [-0.1, -0.05) is 164 Å². The summed E-state index contributed by atoms with van der Waals surface area (Å²) in [6, 6.07) is 11.7. The van der Waals surface area contributed by atoms with Crippen molar-refractivity contribution in [3.8, 4) is 0 Å². The number of fused-ring (bicyclic) bond motifs is 4. The monoisotopic (exact) mass is 1770 g/mol. The van der Waals surface area contributed by atoms with Crippen molar-refractivity contribution in [1.29, 1.82) is 0 Å². The fourth-order valence-electron chi connectivity index (χ4n) is 14.3. The van der Waals surface area contributed by atoms with Gasteiger partial charge in [0.2, 0.25) is 0 Å². The lowest BCUT2D eigenvalue weighted by atomic mass is 9.94. The van der Waals surface area contributed by atoms with Gasteiger partial charge < -0.3 is 57.9 Å². The SMILES string of the molecule is CCN(CC)C(=O)CO/N=C1/C=C/CC/C=C/CCOC(=O)c2c(C)cc(C)c(Cl)c2C1.CCN(CC)C(=O)CO/N=C1/C=C/CC/C=C/CCOC(=O)c2c(C)cc(C)cc2C1.CCN(CC)C(=O)CO/N=C1\C=C\CC/C=C/CCOC(=O)c2c(C)cc(C)c(Cl)c2C1.CCN(CC)C(=O)CO/N=C1\C=C\CC/C=C/CCOC(=O)c2c(C)cc(C)cc2C1. The third-order valence-electron chi connectivity index (χ3n) is 20.8. The number of nitrogens with zero attached hydrogens (tertiary/aromatic N) is 8. The van der Waals surface area contributed by atoms with E-state index in [0.29, 0.717) is 184 Å². The Kier molecular flexibility index (Phi) is 49.5. The van der Waals surface area contributed by atoms with E-state index in [1.807, 2.05) is 220 Å². The number of ether oxygens (including phenoxy) is 4. The number of esters is 4. The van der Waals surface area contributed by atoms with Gasteiger partial charge in [0.15, 0.2) is 26.4 Å². The van der Waals surface area contributed by atoms with Gasteiger partial charge in [0.1, 0.15) is 0 Å². The van der Waals surface area contributed by atoms with Crippen LogP contribution in [-0.2, 0) is 83.2 Å². The average molecular weight is 1780 g/mol. The Morgan fingerprint density at radius 1 is 0.302 bits per heavy atom. The molecule has 0 aliphatic carbocycles. The van der Waals surface area contributed by atoms with Crippen molar-refractivity contribution < 1.29 is 76.7 Å². The van der Waals surface area contributed by atoms with Crippen LogP contribution in [0.2, 0.25) is 10.0 Å². The number of carbonyl (C=O) groups is 8. The summed E-state index contributed by atoms with van der Waals surface area (Å²) >= 11 is 13.3. The minimum absolute atomic E-state index is 0.0972. The van der Waals surface area contributed by atoms with Crippen LogP contribution < -0.4 is 0 Å². The molecule has 0 saturated carbocycles. The number of allylic oxidation sites excluding steroid dienone is 12. The number of carbonyl (C=O) groups excluding carboxylic acids is 8. The van der Waals surface area contributed by atoms with Gasteiger partial charge in [0, 0.05) is 88.1 Å². The number of amides is 4. The summed E-state index contributed by atoms with van der Waals surface area (Å²) < 4.78 is 22.0. The fourth-order valence-corrected chi connectivity index (χ4v) is 14.7. The molecule has 24 nitrogen and oxygen atoms in total. The van der Waals surface area contributed by atoms with Crippen LogP contribution in [0, 0.1) is 55.4 Å². The highest BCUT2D eigenvalue weighted by Crippen LogP contribution is 2.32. The molecular formula is C100H134Cl2N8O16. The van der Waals surface area contributed by atoms with Crippen molar-refractivity contribution in [1.82, 2.24) is 19.6 Å². The maximum Gasteiger partial charge on any atom is 0.338 e. The van der Waals surface area contributed by atoms with Crippen molar-refractivity contribution >= 4 is 93.6 Å². The first-order chi connectivity index (χ1) is 60.7. The molecule has 0 fully saturated rings. The van der Waals surface area contributed by atoms with Gasteiger partial charge in [-0.3, -0.25) is 19.2 Å². The number of cyclic esters (lactones) is 4. The Morgan fingerprint density at radius 3 is 0.778 bits per heavy atom. The molecule has 8 rings (SSSR count). The first-order valence-corrected chi connectivity index (χ1v) is 45.0. The predicted molar refractivity (Wildman–Crippen MR) is 503 cm³/mol. The Morgan fingerprint density at radius 2 is 0.524 bits per heavy atom. The van der Waals surface area contributed by atoms with Gasteiger partial charge in [0.05, 0.1) is 71.5 Å². The lowest BCUT2D eigenvalue weighted by Crippen LogP contribution is -2.33. The molecule has 0 unspecified atom stereocenters. The van der Waals surface area contributed by atoms with E-state index in [9.17, 15) is 38.4 Å². The molecule has 0 bridgehead atoms. The largest absolute Gasteiger partial charge is 0.462 e. The van der Waals surface area contributed by atoms with Crippen LogP contribution in [0.5, 0.6) is 0 Å². The molecule has 0 radical (unpaired) electrons. The summed E-state index contributed by atoms with van der Waals surface area (Å²) in [6.45, 7) is 36.7. The highest BCUT2D eigenvalue weighted by Gasteiger charge is 2.27. The third kappa shape index (κ3) is 36.5. The summed E-state index contributed by atoms with van der Waals surface area (Å²) in [5.41, 5.74) is 14.8. The number of benzene rings is 4. The molecule has 4 aromatic carbocycles. The second-order valence-corrected chi connectivity index (χ2v) is 31.2. The Bertz CT molecular complexity index is 4370. The number of halogens is 2. The standard InChI is InChI=1S/2C25H33ClN2O4.2C25H34N2O4/c2*1-5-28(6-2)22(29)17-32-27-20-13-11-9-7-8-10-12-14-31-25(30)23-18(3)15-19(4)24(26)21(23)16-20;2*1-5-27(6-2)23(28)18-31-26-22-13-11-9-7-8-10-12-14-30-25(29)24-20(4)15-19(3)16-21(24)17-22/h2*8,10-11,13,15H,5-7,9,12,14,16-17H2,1-4H3;2*8,10-11,13,15-16H,5-7,9,12,14,17-18H2,1-4H3/b10-8+,13-11+,27-20+;10-8+,13-11+,27-20-;10-8+,13-11+,26-22+;10-8+,13-11+,26-22-. The first-order valence-electron chi connectivity index (χ1n) is 44.3. The van der Waals surface area contributed by atoms with Crippen LogP contribution in [0.25, 0.3) is 0 Å². The van der Waals surface area contributed by atoms with Crippen molar-refractivity contribution in [2.24, 2.45) is 20.6 Å². The van der Waals surface area contributed by atoms with E-state index in [0.717, 1.165) is 107 Å². The molecular weight excluding hydrogens is 1640 g/mol. The van der Waals surface area contributed by atoms with E-state index in [2.05, 4.69) is 44.9 Å². The number of likely N-dealkylation sites (N-methyl/N-ethyl adjacent to an activating group) is 4. The lowest BCUT2D eigenvalue weighted by Gasteiger charge is -2.18. The van der Waals surface area contributed by atoms with Crippen LogP contribution in [0.1, 0.15) is 241 Å². The molecule has 0 aromatic heterocycles. The number of rotatable bonds is 20. The minimum Gasteiger partial charge on any atom is -0.462 e. The van der Waals surface area contributed by atoms with Gasteiger partial charge in [-0.05, 0) is 268 Å². The molecule has 126 heavy (non-hydrogen) atoms. The fraction of sp³-hybridized carbons (Fsp3) is 0.480. The summed E-state index contributed by atoms with van der Waals surface area (Å²) in [5.74, 6) is -1.87. The van der Waals surface area contributed by atoms with Crippen molar-refractivity contribution in [3.63, 3.8) is 0 Å². The van der Waals surface area contributed by atoms with Crippen molar-refractivity contribution in [2.75, 3.05) is 105 Å². The summed E-state index contributed by atoms with van der Waals surface area (Å²) in [4.78, 5) is 129. The van der Waals surface area contributed by atoms with Crippen molar-refractivity contribution in [2.45, 2.75) is 214 Å². The smallest absolute Gasteiger partial charge is 0.338 e. The maximum atomic E-state index is 12.9. The third-order valence-corrected chi connectivity index (χ3v) is 21.9. The normalized spacial score (nSPS) is 18.4.